The van der Waals surface area contributed by atoms with E-state index in [0.29, 0.717) is 25.8 Å². The third-order valence-corrected chi connectivity index (χ3v) is 3.39. The Morgan fingerprint density at radius 2 is 1.63 bits per heavy atom. The summed E-state index contributed by atoms with van der Waals surface area (Å²) in [7, 11) is 0. The van der Waals surface area contributed by atoms with Crippen molar-refractivity contribution in [2.24, 2.45) is 0 Å². The Morgan fingerprint density at radius 3 is 2.30 bits per heavy atom. The number of alkyl carbamates (subject to hydrolysis) is 1. The van der Waals surface area contributed by atoms with Crippen LogP contribution in [0.25, 0.3) is 0 Å². The van der Waals surface area contributed by atoms with Crippen LogP contribution in [-0.2, 0) is 25.7 Å². The zero-order chi connectivity index (χ0) is 20.1. The van der Waals surface area contributed by atoms with Crippen molar-refractivity contribution >= 4 is 18.0 Å². The number of unbranched alkanes of at least 4 members (excludes halogenated alkanes) is 1. The molecule has 0 atom stereocenters. The molecule has 0 aromatic heterocycles. The number of carbonyl (C=O) groups excluding carboxylic acids is 3. The average Bonchev–Trinajstić information content (AvgIpc) is 2.59. The molecule has 0 radical (unpaired) electrons. The summed E-state index contributed by atoms with van der Waals surface area (Å²) in [6.45, 7) is 6.34. The van der Waals surface area contributed by atoms with Crippen molar-refractivity contribution in [1.82, 2.24) is 10.6 Å². The molecule has 0 saturated carbocycles. The van der Waals surface area contributed by atoms with E-state index in [1.54, 1.807) is 20.8 Å². The summed E-state index contributed by atoms with van der Waals surface area (Å²) in [5, 5.41) is 5.34. The van der Waals surface area contributed by atoms with E-state index >= 15 is 0 Å². The number of hydrogen-bond donors (Lipinski definition) is 2. The third-order valence-electron chi connectivity index (χ3n) is 3.39. The summed E-state index contributed by atoms with van der Waals surface area (Å²) in [6.07, 6.45) is 1.33. The highest BCUT2D eigenvalue weighted by Crippen LogP contribution is 2.06. The van der Waals surface area contributed by atoms with Gasteiger partial charge in [0.25, 0.3) is 0 Å². The van der Waals surface area contributed by atoms with Gasteiger partial charge in [-0.05, 0) is 39.2 Å². The second kappa shape index (κ2) is 11.9. The van der Waals surface area contributed by atoms with Gasteiger partial charge in [0.15, 0.2) is 0 Å². The summed E-state index contributed by atoms with van der Waals surface area (Å²) in [5.41, 5.74) is 0.404. The molecule has 0 unspecified atom stereocenters. The minimum atomic E-state index is -0.522. The van der Waals surface area contributed by atoms with Crippen LogP contribution < -0.4 is 10.6 Å². The van der Waals surface area contributed by atoms with Crippen LogP contribution in [0.5, 0.6) is 0 Å². The molecule has 1 rings (SSSR count). The normalized spacial score (nSPS) is 10.8. The van der Waals surface area contributed by atoms with E-state index in [2.05, 4.69) is 10.6 Å². The number of nitrogens with one attached hydrogen (secondary N) is 2. The molecule has 0 saturated heterocycles. The van der Waals surface area contributed by atoms with Crippen molar-refractivity contribution < 1.29 is 23.9 Å². The van der Waals surface area contributed by atoms with Crippen molar-refractivity contribution in [2.75, 3.05) is 13.1 Å². The van der Waals surface area contributed by atoms with Gasteiger partial charge in [0, 0.05) is 19.5 Å². The average molecular weight is 378 g/mol. The first-order valence-electron chi connectivity index (χ1n) is 9.19. The monoisotopic (exact) mass is 378 g/mol. The Bertz CT molecular complexity index is 596. The van der Waals surface area contributed by atoms with Crippen LogP contribution in [-0.4, -0.2) is 36.7 Å². The van der Waals surface area contributed by atoms with Crippen LogP contribution in [0.15, 0.2) is 30.3 Å². The standard InChI is InChI=1S/C20H30N2O5/c1-20(2,3)27-19(25)22-13-8-7-11-17(23)21-14-12-18(24)26-15-16-9-5-4-6-10-16/h4-6,9-10H,7-8,11-15H2,1-3H3,(H,21,23)(H,22,25). The van der Waals surface area contributed by atoms with Crippen LogP contribution in [0.3, 0.4) is 0 Å². The number of esters is 1. The van der Waals surface area contributed by atoms with Crippen molar-refractivity contribution in [3.8, 4) is 0 Å². The molecular formula is C20H30N2O5. The highest BCUT2D eigenvalue weighted by atomic mass is 16.6. The Hall–Kier alpha value is -2.57. The number of amides is 2. The van der Waals surface area contributed by atoms with Crippen LogP contribution in [0.4, 0.5) is 4.79 Å². The first-order valence-corrected chi connectivity index (χ1v) is 9.19. The van der Waals surface area contributed by atoms with E-state index < -0.39 is 11.7 Å². The first-order chi connectivity index (χ1) is 12.8. The fourth-order valence-corrected chi connectivity index (χ4v) is 2.12. The highest BCUT2D eigenvalue weighted by molar-refractivity contribution is 5.77. The molecule has 0 aliphatic rings. The summed E-state index contributed by atoms with van der Waals surface area (Å²) in [4.78, 5) is 34.8. The Balaban J connectivity index is 2.01. The van der Waals surface area contributed by atoms with Gasteiger partial charge in [-0.1, -0.05) is 30.3 Å². The first kappa shape index (κ1) is 22.5. The van der Waals surface area contributed by atoms with Gasteiger partial charge in [-0.25, -0.2) is 4.79 Å². The number of hydrogen-bond acceptors (Lipinski definition) is 5. The summed E-state index contributed by atoms with van der Waals surface area (Å²) in [6, 6.07) is 9.42. The van der Waals surface area contributed by atoms with E-state index in [1.807, 2.05) is 30.3 Å². The zero-order valence-corrected chi connectivity index (χ0v) is 16.4. The predicted octanol–water partition coefficient (Wildman–Crippen LogP) is 2.93. The molecular weight excluding hydrogens is 348 g/mol. The second-order valence-electron chi connectivity index (χ2n) is 7.13. The van der Waals surface area contributed by atoms with Crippen LogP contribution >= 0.6 is 0 Å². The molecule has 0 heterocycles. The molecule has 0 bridgehead atoms. The van der Waals surface area contributed by atoms with Gasteiger partial charge in [0.05, 0.1) is 6.42 Å². The molecule has 7 nitrogen and oxygen atoms in total. The Labute approximate surface area is 160 Å². The zero-order valence-electron chi connectivity index (χ0n) is 16.4. The van der Waals surface area contributed by atoms with Gasteiger partial charge < -0.3 is 20.1 Å². The maximum absolute atomic E-state index is 11.7. The lowest BCUT2D eigenvalue weighted by Crippen LogP contribution is -2.33. The quantitative estimate of drug-likeness (QED) is 0.482. The van der Waals surface area contributed by atoms with E-state index in [4.69, 9.17) is 9.47 Å². The van der Waals surface area contributed by atoms with Gasteiger partial charge in [0.2, 0.25) is 5.91 Å². The fourth-order valence-electron chi connectivity index (χ4n) is 2.12. The largest absolute Gasteiger partial charge is 0.461 e. The van der Waals surface area contributed by atoms with Gasteiger partial charge in [-0.15, -0.1) is 0 Å². The minimum absolute atomic E-state index is 0.122. The van der Waals surface area contributed by atoms with Gasteiger partial charge in [0.1, 0.15) is 12.2 Å². The molecule has 0 aliphatic carbocycles. The Morgan fingerprint density at radius 1 is 0.926 bits per heavy atom. The molecule has 2 N–H and O–H groups in total. The minimum Gasteiger partial charge on any atom is -0.461 e. The number of rotatable bonds is 10. The van der Waals surface area contributed by atoms with E-state index in [1.165, 1.54) is 0 Å². The van der Waals surface area contributed by atoms with Crippen molar-refractivity contribution in [1.29, 1.82) is 0 Å². The summed E-state index contributed by atoms with van der Waals surface area (Å²) in [5.74, 6) is -0.469. The third kappa shape index (κ3) is 12.4. The van der Waals surface area contributed by atoms with Gasteiger partial charge in [-0.3, -0.25) is 9.59 Å². The molecule has 1 aromatic carbocycles. The number of ether oxygens (including phenoxy) is 2. The summed E-state index contributed by atoms with van der Waals surface area (Å²) >= 11 is 0. The molecule has 1 aromatic rings. The van der Waals surface area contributed by atoms with Gasteiger partial charge in [-0.2, -0.15) is 0 Å². The number of carbonyl (C=O) groups is 3. The Kier molecular flexibility index (Phi) is 9.93. The smallest absolute Gasteiger partial charge is 0.407 e. The second-order valence-corrected chi connectivity index (χ2v) is 7.13. The van der Waals surface area contributed by atoms with Crippen LogP contribution in [0.2, 0.25) is 0 Å². The van der Waals surface area contributed by atoms with Gasteiger partial charge >= 0.3 is 12.1 Å². The molecule has 0 aliphatic heterocycles. The summed E-state index contributed by atoms with van der Waals surface area (Å²) < 4.78 is 10.3. The molecule has 27 heavy (non-hydrogen) atoms. The number of benzene rings is 1. The van der Waals surface area contributed by atoms with Crippen molar-refractivity contribution in [3.05, 3.63) is 35.9 Å². The lowest BCUT2D eigenvalue weighted by molar-refractivity contribution is -0.144. The molecule has 0 fully saturated rings. The molecule has 0 spiro atoms. The predicted molar refractivity (Wildman–Crippen MR) is 102 cm³/mol. The van der Waals surface area contributed by atoms with E-state index in [-0.39, 0.29) is 31.4 Å². The highest BCUT2D eigenvalue weighted by Gasteiger charge is 2.15. The van der Waals surface area contributed by atoms with E-state index in [0.717, 1.165) is 5.56 Å². The van der Waals surface area contributed by atoms with Crippen molar-refractivity contribution in [3.63, 3.8) is 0 Å². The molecule has 150 valence electrons. The molecule has 2 amide bonds. The van der Waals surface area contributed by atoms with Crippen LogP contribution in [0.1, 0.15) is 52.0 Å². The topological polar surface area (TPSA) is 93.7 Å². The van der Waals surface area contributed by atoms with Crippen LogP contribution in [0, 0.1) is 0 Å². The molecule has 7 heteroatoms. The lowest BCUT2D eigenvalue weighted by Gasteiger charge is -2.19. The maximum atomic E-state index is 11.7. The van der Waals surface area contributed by atoms with E-state index in [9.17, 15) is 14.4 Å². The fraction of sp³-hybridized carbons (Fsp3) is 0.550. The maximum Gasteiger partial charge on any atom is 0.407 e. The van der Waals surface area contributed by atoms with Crippen molar-refractivity contribution in [2.45, 2.75) is 58.7 Å². The SMILES string of the molecule is CC(C)(C)OC(=O)NCCCCC(=O)NCCC(=O)OCc1ccccc1. The lowest BCUT2D eigenvalue weighted by atomic mass is 10.2.